The van der Waals surface area contributed by atoms with Crippen LogP contribution in [-0.2, 0) is 6.54 Å². The van der Waals surface area contributed by atoms with E-state index >= 15 is 0 Å². The number of carbonyl (C=O) groups excluding carboxylic acids is 1. The molecule has 0 radical (unpaired) electrons. The molecule has 0 fully saturated rings. The fourth-order valence-electron chi connectivity index (χ4n) is 2.22. The lowest BCUT2D eigenvalue weighted by Crippen LogP contribution is -2.38. The number of hydrogen-bond donors (Lipinski definition) is 2. The molecule has 0 aromatic heterocycles. The largest absolute Gasteiger partial charge is 0.494 e. The predicted octanol–water partition coefficient (Wildman–Crippen LogP) is 1.85. The van der Waals surface area contributed by atoms with E-state index in [1.807, 2.05) is 37.8 Å². The number of ether oxygens (including phenoxy) is 1. The van der Waals surface area contributed by atoms with E-state index in [1.54, 1.807) is 6.07 Å². The molecule has 124 valence electrons. The van der Waals surface area contributed by atoms with Gasteiger partial charge in [0, 0.05) is 30.3 Å². The minimum atomic E-state index is -0.783. The second kappa shape index (κ2) is 8.88. The van der Waals surface area contributed by atoms with Crippen LogP contribution in [0.25, 0.3) is 0 Å². The fraction of sp³-hybridized carbons (Fsp3) is 0.588. The summed E-state index contributed by atoms with van der Waals surface area (Å²) in [6, 6.07) is 5.61. The van der Waals surface area contributed by atoms with Gasteiger partial charge in [0.25, 0.3) is 0 Å². The Morgan fingerprint density at radius 2 is 2.05 bits per heavy atom. The maximum atomic E-state index is 11.6. The first-order valence-electron chi connectivity index (χ1n) is 7.68. The first-order chi connectivity index (χ1) is 10.4. The van der Waals surface area contributed by atoms with Gasteiger partial charge in [0.2, 0.25) is 0 Å². The second-order valence-electron chi connectivity index (χ2n) is 5.67. The Bertz CT molecular complexity index is 488. The first kappa shape index (κ1) is 18.6. The second-order valence-corrected chi connectivity index (χ2v) is 5.67. The molecule has 5 nitrogen and oxygen atoms in total. The van der Waals surface area contributed by atoms with Gasteiger partial charge >= 0.3 is 0 Å². The van der Waals surface area contributed by atoms with E-state index in [0.29, 0.717) is 25.3 Å². The van der Waals surface area contributed by atoms with Gasteiger partial charge in [-0.2, -0.15) is 0 Å². The molecule has 0 unspecified atom stereocenters. The van der Waals surface area contributed by atoms with Crippen molar-refractivity contribution in [3.8, 4) is 5.75 Å². The van der Waals surface area contributed by atoms with E-state index < -0.39 is 6.10 Å². The smallest absolute Gasteiger partial charge is 0.159 e. The lowest BCUT2D eigenvalue weighted by molar-refractivity contribution is 0.0461. The van der Waals surface area contributed by atoms with Gasteiger partial charge in [-0.1, -0.05) is 0 Å². The Morgan fingerprint density at radius 1 is 1.36 bits per heavy atom. The van der Waals surface area contributed by atoms with E-state index in [-0.39, 0.29) is 18.4 Å². The summed E-state index contributed by atoms with van der Waals surface area (Å²) >= 11 is 0. The molecule has 0 heterocycles. The number of aliphatic hydroxyl groups excluding tert-OH is 2. The SMILES string of the molecule is CCOc1ccc(C(C)=O)cc1CN(C[C@@H](O)CO)C(C)C. The standard InChI is InChI=1S/C17H27NO4/c1-5-22-17-7-6-14(13(4)20)8-15(17)9-18(12(2)3)10-16(21)11-19/h6-8,12,16,19,21H,5,9-11H2,1-4H3/t16-/m1/s1. The molecule has 0 saturated carbocycles. The summed E-state index contributed by atoms with van der Waals surface area (Å²) < 4.78 is 5.63. The molecule has 0 spiro atoms. The Kier molecular flexibility index (Phi) is 7.51. The van der Waals surface area contributed by atoms with Crippen LogP contribution >= 0.6 is 0 Å². The minimum Gasteiger partial charge on any atom is -0.494 e. The molecule has 2 N–H and O–H groups in total. The quantitative estimate of drug-likeness (QED) is 0.681. The van der Waals surface area contributed by atoms with Crippen LogP contribution in [0.5, 0.6) is 5.75 Å². The van der Waals surface area contributed by atoms with Gasteiger partial charge in [-0.3, -0.25) is 9.69 Å². The normalized spacial score (nSPS) is 12.7. The van der Waals surface area contributed by atoms with Crippen LogP contribution in [0.3, 0.4) is 0 Å². The van der Waals surface area contributed by atoms with Gasteiger partial charge in [-0.15, -0.1) is 0 Å². The highest BCUT2D eigenvalue weighted by atomic mass is 16.5. The van der Waals surface area contributed by atoms with Gasteiger partial charge in [0.15, 0.2) is 5.78 Å². The topological polar surface area (TPSA) is 70.0 Å². The van der Waals surface area contributed by atoms with E-state index in [1.165, 1.54) is 6.92 Å². The molecule has 1 aromatic rings. The number of carbonyl (C=O) groups is 1. The monoisotopic (exact) mass is 309 g/mol. The molecule has 5 heteroatoms. The highest BCUT2D eigenvalue weighted by Crippen LogP contribution is 2.23. The number of Topliss-reactive ketones (excluding diaryl/α,β-unsaturated/α-hetero) is 1. The zero-order valence-corrected chi connectivity index (χ0v) is 13.9. The molecule has 0 aliphatic rings. The van der Waals surface area contributed by atoms with Crippen molar-refractivity contribution in [2.75, 3.05) is 19.8 Å². The van der Waals surface area contributed by atoms with Crippen LogP contribution in [0.2, 0.25) is 0 Å². The summed E-state index contributed by atoms with van der Waals surface area (Å²) in [6.45, 7) is 8.70. The fourth-order valence-corrected chi connectivity index (χ4v) is 2.22. The van der Waals surface area contributed by atoms with Crippen molar-refractivity contribution < 1.29 is 19.7 Å². The van der Waals surface area contributed by atoms with Crippen LogP contribution in [0.15, 0.2) is 18.2 Å². The summed E-state index contributed by atoms with van der Waals surface area (Å²) in [7, 11) is 0. The van der Waals surface area contributed by atoms with Crippen molar-refractivity contribution in [3.05, 3.63) is 29.3 Å². The van der Waals surface area contributed by atoms with Gasteiger partial charge in [0.1, 0.15) is 5.75 Å². The van der Waals surface area contributed by atoms with E-state index in [2.05, 4.69) is 0 Å². The molecule has 0 aliphatic carbocycles. The number of nitrogens with zero attached hydrogens (tertiary/aromatic N) is 1. The Labute approximate surface area is 132 Å². The zero-order chi connectivity index (χ0) is 16.7. The molecule has 0 saturated heterocycles. The van der Waals surface area contributed by atoms with Crippen molar-refractivity contribution in [3.63, 3.8) is 0 Å². The minimum absolute atomic E-state index is 0.00999. The molecule has 22 heavy (non-hydrogen) atoms. The molecular formula is C17H27NO4. The van der Waals surface area contributed by atoms with Crippen molar-refractivity contribution in [1.29, 1.82) is 0 Å². The third-order valence-corrected chi connectivity index (χ3v) is 3.53. The van der Waals surface area contributed by atoms with Crippen molar-refractivity contribution in [2.45, 2.75) is 46.4 Å². The zero-order valence-electron chi connectivity index (χ0n) is 13.9. The Morgan fingerprint density at radius 3 is 2.55 bits per heavy atom. The van der Waals surface area contributed by atoms with Gasteiger partial charge in [0.05, 0.1) is 19.3 Å². The number of ketones is 1. The molecule has 0 amide bonds. The van der Waals surface area contributed by atoms with Crippen LogP contribution in [-0.4, -0.2) is 52.8 Å². The first-order valence-corrected chi connectivity index (χ1v) is 7.68. The third-order valence-electron chi connectivity index (χ3n) is 3.53. The number of benzene rings is 1. The number of rotatable bonds is 9. The van der Waals surface area contributed by atoms with Crippen LogP contribution in [0.4, 0.5) is 0 Å². The van der Waals surface area contributed by atoms with Gasteiger partial charge in [-0.25, -0.2) is 0 Å². The van der Waals surface area contributed by atoms with Gasteiger partial charge in [-0.05, 0) is 45.9 Å². The summed E-state index contributed by atoms with van der Waals surface area (Å²) in [6.07, 6.45) is -0.783. The lowest BCUT2D eigenvalue weighted by atomic mass is 10.1. The third kappa shape index (κ3) is 5.40. The molecular weight excluding hydrogens is 282 g/mol. The lowest BCUT2D eigenvalue weighted by Gasteiger charge is -2.29. The summed E-state index contributed by atoms with van der Waals surface area (Å²) in [5, 5.41) is 18.7. The molecule has 1 atom stereocenters. The summed E-state index contributed by atoms with van der Waals surface area (Å²) in [5.41, 5.74) is 1.55. The number of hydrogen-bond acceptors (Lipinski definition) is 5. The predicted molar refractivity (Wildman–Crippen MR) is 86.3 cm³/mol. The summed E-state index contributed by atoms with van der Waals surface area (Å²) in [5.74, 6) is 0.757. The maximum absolute atomic E-state index is 11.6. The van der Waals surface area contributed by atoms with Crippen molar-refractivity contribution >= 4 is 5.78 Å². The Hall–Kier alpha value is -1.43. The molecule has 0 bridgehead atoms. The molecule has 1 rings (SSSR count). The van der Waals surface area contributed by atoms with Gasteiger partial charge < -0.3 is 14.9 Å². The van der Waals surface area contributed by atoms with E-state index in [0.717, 1.165) is 11.3 Å². The van der Waals surface area contributed by atoms with E-state index in [4.69, 9.17) is 9.84 Å². The average molecular weight is 309 g/mol. The Balaban J connectivity index is 3.04. The van der Waals surface area contributed by atoms with Crippen molar-refractivity contribution in [1.82, 2.24) is 4.90 Å². The van der Waals surface area contributed by atoms with Crippen LogP contribution in [0.1, 0.15) is 43.6 Å². The van der Waals surface area contributed by atoms with E-state index in [9.17, 15) is 9.90 Å². The van der Waals surface area contributed by atoms with Crippen LogP contribution in [0, 0.1) is 0 Å². The average Bonchev–Trinajstić information content (AvgIpc) is 2.47. The van der Waals surface area contributed by atoms with Crippen molar-refractivity contribution in [2.24, 2.45) is 0 Å². The number of aliphatic hydroxyl groups is 2. The summed E-state index contributed by atoms with van der Waals surface area (Å²) in [4.78, 5) is 13.6. The highest BCUT2D eigenvalue weighted by molar-refractivity contribution is 5.94. The molecule has 1 aromatic carbocycles. The molecule has 0 aliphatic heterocycles. The maximum Gasteiger partial charge on any atom is 0.159 e. The van der Waals surface area contributed by atoms with Crippen LogP contribution < -0.4 is 4.74 Å². The highest BCUT2D eigenvalue weighted by Gasteiger charge is 2.17.